The van der Waals surface area contributed by atoms with Crippen LogP contribution in [-0.2, 0) is 10.0 Å². The summed E-state index contributed by atoms with van der Waals surface area (Å²) in [5.74, 6) is -0.412. The molecular weight excluding hydrogens is 322 g/mol. The summed E-state index contributed by atoms with van der Waals surface area (Å²) >= 11 is 7.26. The molecule has 20 heavy (non-hydrogen) atoms. The van der Waals surface area contributed by atoms with Crippen molar-refractivity contribution in [2.75, 3.05) is 16.3 Å². The monoisotopic (exact) mass is 331 g/mol. The van der Waals surface area contributed by atoms with Crippen molar-refractivity contribution in [3.63, 3.8) is 0 Å². The lowest BCUT2D eigenvalue weighted by molar-refractivity contribution is 0.102. The molecule has 1 heterocycles. The van der Waals surface area contributed by atoms with E-state index >= 15 is 0 Å². The number of benzene rings is 1. The number of nitrogens with zero attached hydrogens (tertiary/aromatic N) is 1. The Labute approximate surface area is 124 Å². The van der Waals surface area contributed by atoms with E-state index in [1.54, 1.807) is 5.38 Å². The van der Waals surface area contributed by atoms with Crippen LogP contribution >= 0.6 is 22.9 Å². The molecule has 2 aromatic rings. The van der Waals surface area contributed by atoms with E-state index in [9.17, 15) is 13.2 Å². The number of thiazole rings is 1. The summed E-state index contributed by atoms with van der Waals surface area (Å²) in [7, 11) is -3.39. The molecule has 0 saturated carbocycles. The van der Waals surface area contributed by atoms with E-state index in [4.69, 9.17) is 11.6 Å². The molecule has 1 aromatic heterocycles. The predicted molar refractivity (Wildman–Crippen MR) is 80.0 cm³/mol. The largest absolute Gasteiger partial charge is 0.319 e. The minimum absolute atomic E-state index is 0.271. The second kappa shape index (κ2) is 5.78. The van der Waals surface area contributed by atoms with Gasteiger partial charge < -0.3 is 5.32 Å². The van der Waals surface area contributed by atoms with Crippen molar-refractivity contribution in [2.24, 2.45) is 0 Å². The maximum Gasteiger partial charge on any atom is 0.275 e. The van der Waals surface area contributed by atoms with Crippen molar-refractivity contribution in [1.82, 2.24) is 4.98 Å². The molecule has 0 aliphatic rings. The van der Waals surface area contributed by atoms with Gasteiger partial charge in [-0.25, -0.2) is 13.4 Å². The van der Waals surface area contributed by atoms with Gasteiger partial charge in [0.05, 0.1) is 28.2 Å². The molecule has 106 valence electrons. The highest BCUT2D eigenvalue weighted by Crippen LogP contribution is 2.26. The molecule has 1 amide bonds. The van der Waals surface area contributed by atoms with Gasteiger partial charge in [-0.15, -0.1) is 11.3 Å². The van der Waals surface area contributed by atoms with Gasteiger partial charge in [0.15, 0.2) is 0 Å². The zero-order valence-corrected chi connectivity index (χ0v) is 12.6. The molecule has 0 aliphatic carbocycles. The van der Waals surface area contributed by atoms with Crippen LogP contribution < -0.4 is 10.0 Å². The summed E-state index contributed by atoms with van der Waals surface area (Å²) in [5, 5.41) is 4.48. The zero-order chi connectivity index (χ0) is 14.8. The third kappa shape index (κ3) is 3.92. The van der Waals surface area contributed by atoms with Gasteiger partial charge in [-0.3, -0.25) is 9.52 Å². The van der Waals surface area contributed by atoms with E-state index in [0.717, 1.165) is 6.26 Å². The Kier molecular flexibility index (Phi) is 4.26. The Bertz CT molecular complexity index is 729. The molecule has 0 aliphatic heterocycles. The number of aromatic nitrogens is 1. The van der Waals surface area contributed by atoms with Gasteiger partial charge in [0.25, 0.3) is 5.91 Å². The first kappa shape index (κ1) is 14.8. The van der Waals surface area contributed by atoms with Crippen LogP contribution in [0.25, 0.3) is 0 Å². The highest BCUT2D eigenvalue weighted by Gasteiger charge is 2.11. The van der Waals surface area contributed by atoms with Gasteiger partial charge in [0.2, 0.25) is 10.0 Å². The second-order valence-electron chi connectivity index (χ2n) is 3.90. The third-order valence-electron chi connectivity index (χ3n) is 2.18. The predicted octanol–water partition coefficient (Wildman–Crippen LogP) is 2.42. The summed E-state index contributed by atoms with van der Waals surface area (Å²) in [5.41, 5.74) is 2.43. The highest BCUT2D eigenvalue weighted by atomic mass is 35.5. The van der Waals surface area contributed by atoms with E-state index < -0.39 is 15.9 Å². The van der Waals surface area contributed by atoms with E-state index in [1.807, 2.05) is 0 Å². The minimum atomic E-state index is -3.39. The van der Waals surface area contributed by atoms with E-state index in [0.29, 0.717) is 16.4 Å². The quantitative estimate of drug-likeness (QED) is 0.900. The average Bonchev–Trinajstić information content (AvgIpc) is 2.85. The Morgan fingerprint density at radius 1 is 1.40 bits per heavy atom. The number of rotatable bonds is 4. The molecule has 9 heteroatoms. The summed E-state index contributed by atoms with van der Waals surface area (Å²) in [6.07, 6.45) is 1.04. The van der Waals surface area contributed by atoms with Crippen molar-refractivity contribution in [1.29, 1.82) is 0 Å². The molecule has 1 aromatic carbocycles. The molecule has 0 radical (unpaired) electrons. The number of nitrogens with one attached hydrogen (secondary N) is 2. The summed E-state index contributed by atoms with van der Waals surface area (Å²) in [4.78, 5) is 15.7. The van der Waals surface area contributed by atoms with Crippen LogP contribution in [0.4, 0.5) is 11.4 Å². The van der Waals surface area contributed by atoms with E-state index in [-0.39, 0.29) is 5.69 Å². The fourth-order valence-electron chi connectivity index (χ4n) is 1.41. The van der Waals surface area contributed by atoms with E-state index in [2.05, 4.69) is 15.0 Å². The number of sulfonamides is 1. The van der Waals surface area contributed by atoms with Gasteiger partial charge >= 0.3 is 0 Å². The fraction of sp³-hybridized carbons (Fsp3) is 0.0909. The lowest BCUT2D eigenvalue weighted by Gasteiger charge is -2.09. The minimum Gasteiger partial charge on any atom is -0.319 e. The first-order chi connectivity index (χ1) is 9.35. The van der Waals surface area contributed by atoms with Crippen LogP contribution in [0, 0.1) is 0 Å². The molecule has 0 bridgehead atoms. The Morgan fingerprint density at radius 3 is 2.75 bits per heavy atom. The number of halogens is 1. The summed E-state index contributed by atoms with van der Waals surface area (Å²) < 4.78 is 24.6. The van der Waals surface area contributed by atoms with Crippen LogP contribution in [0.15, 0.2) is 29.1 Å². The molecule has 0 saturated heterocycles. The number of carbonyl (C=O) groups is 1. The Balaban J connectivity index is 2.23. The van der Waals surface area contributed by atoms with Gasteiger partial charge in [0, 0.05) is 5.38 Å². The first-order valence-electron chi connectivity index (χ1n) is 5.32. The standard InChI is InChI=1S/C11H10ClN3O3S2/c1-20(17,18)15-7-2-3-8(12)9(4-7)14-11(16)10-5-19-6-13-10/h2-6,15H,1H3,(H,14,16). The number of hydrogen-bond acceptors (Lipinski definition) is 5. The van der Waals surface area contributed by atoms with Crippen molar-refractivity contribution in [3.05, 3.63) is 39.8 Å². The van der Waals surface area contributed by atoms with E-state index in [1.165, 1.54) is 35.0 Å². The maximum absolute atomic E-state index is 11.9. The number of anilines is 2. The Morgan fingerprint density at radius 2 is 2.15 bits per heavy atom. The third-order valence-corrected chi connectivity index (χ3v) is 3.71. The lowest BCUT2D eigenvalue weighted by atomic mass is 10.2. The summed E-state index contributed by atoms with van der Waals surface area (Å²) in [6, 6.07) is 4.43. The molecule has 0 atom stereocenters. The second-order valence-corrected chi connectivity index (χ2v) is 6.77. The van der Waals surface area contributed by atoms with Crippen molar-refractivity contribution in [3.8, 4) is 0 Å². The number of carbonyl (C=O) groups excluding carboxylic acids is 1. The van der Waals surface area contributed by atoms with Crippen LogP contribution in [0.2, 0.25) is 5.02 Å². The zero-order valence-electron chi connectivity index (χ0n) is 10.3. The Hall–Kier alpha value is -1.64. The van der Waals surface area contributed by atoms with Gasteiger partial charge in [0.1, 0.15) is 5.69 Å². The number of hydrogen-bond donors (Lipinski definition) is 2. The van der Waals surface area contributed by atoms with Crippen LogP contribution in [0.1, 0.15) is 10.5 Å². The van der Waals surface area contributed by atoms with Crippen molar-refractivity contribution in [2.45, 2.75) is 0 Å². The topological polar surface area (TPSA) is 88.2 Å². The highest BCUT2D eigenvalue weighted by molar-refractivity contribution is 7.92. The number of amides is 1. The molecular formula is C11H10ClN3O3S2. The maximum atomic E-state index is 11.9. The first-order valence-corrected chi connectivity index (χ1v) is 8.53. The van der Waals surface area contributed by atoms with Crippen molar-refractivity contribution < 1.29 is 13.2 Å². The van der Waals surface area contributed by atoms with Crippen molar-refractivity contribution >= 4 is 50.2 Å². The smallest absolute Gasteiger partial charge is 0.275 e. The van der Waals surface area contributed by atoms with Gasteiger partial charge in [-0.05, 0) is 18.2 Å². The van der Waals surface area contributed by atoms with Crippen LogP contribution in [0.5, 0.6) is 0 Å². The van der Waals surface area contributed by atoms with Gasteiger partial charge in [-0.1, -0.05) is 11.6 Å². The molecule has 2 rings (SSSR count). The molecule has 0 unspecified atom stereocenters. The average molecular weight is 332 g/mol. The van der Waals surface area contributed by atoms with Crippen LogP contribution in [-0.4, -0.2) is 25.6 Å². The molecule has 2 N–H and O–H groups in total. The van der Waals surface area contributed by atoms with Crippen LogP contribution in [0.3, 0.4) is 0 Å². The SMILES string of the molecule is CS(=O)(=O)Nc1ccc(Cl)c(NC(=O)c2cscn2)c1. The molecule has 6 nitrogen and oxygen atoms in total. The normalized spacial score (nSPS) is 11.1. The molecule has 0 spiro atoms. The fourth-order valence-corrected chi connectivity index (χ4v) is 2.66. The molecule has 0 fully saturated rings. The lowest BCUT2D eigenvalue weighted by Crippen LogP contribution is -2.13. The summed E-state index contributed by atoms with van der Waals surface area (Å²) in [6.45, 7) is 0. The van der Waals surface area contributed by atoms with Gasteiger partial charge in [-0.2, -0.15) is 0 Å².